The number of anilines is 2. The van der Waals surface area contributed by atoms with Gasteiger partial charge in [-0.2, -0.15) is 4.57 Å². The molecular formula is C27H22BrN3O3. The fourth-order valence-corrected chi connectivity index (χ4v) is 3.28. The van der Waals surface area contributed by atoms with Crippen LogP contribution >= 0.6 is 0 Å². The van der Waals surface area contributed by atoms with Gasteiger partial charge in [0.05, 0.1) is 0 Å². The fraction of sp³-hybridized carbons (Fsp3) is 0.0370. The normalized spacial score (nSPS) is 10.0. The lowest BCUT2D eigenvalue weighted by Crippen LogP contribution is -3.00. The molecule has 3 aromatic carbocycles. The summed E-state index contributed by atoms with van der Waals surface area (Å²) in [6.45, 7) is 0.116. The van der Waals surface area contributed by atoms with Crippen LogP contribution in [-0.4, -0.2) is 17.6 Å². The zero-order valence-electron chi connectivity index (χ0n) is 18.1. The molecule has 7 heteroatoms. The number of nitrogens with zero attached hydrogens (tertiary/aromatic N) is 1. The second-order valence-electron chi connectivity index (χ2n) is 7.41. The van der Waals surface area contributed by atoms with Gasteiger partial charge >= 0.3 is 0 Å². The van der Waals surface area contributed by atoms with Crippen LogP contribution in [0.5, 0.6) is 0 Å². The number of amides is 2. The van der Waals surface area contributed by atoms with Crippen molar-refractivity contribution in [3.8, 4) is 0 Å². The Morgan fingerprint density at radius 2 is 1.12 bits per heavy atom. The maximum atomic E-state index is 12.7. The third-order valence-electron chi connectivity index (χ3n) is 4.98. The van der Waals surface area contributed by atoms with Crippen LogP contribution in [0.4, 0.5) is 11.4 Å². The molecule has 34 heavy (non-hydrogen) atoms. The summed E-state index contributed by atoms with van der Waals surface area (Å²) < 4.78 is 1.72. The molecule has 0 fully saturated rings. The third kappa shape index (κ3) is 6.46. The van der Waals surface area contributed by atoms with Crippen molar-refractivity contribution in [3.05, 3.63) is 126 Å². The van der Waals surface area contributed by atoms with E-state index in [0.29, 0.717) is 28.1 Å². The number of nitrogens with one attached hydrogen (secondary N) is 2. The Labute approximate surface area is 208 Å². The molecule has 170 valence electrons. The summed E-state index contributed by atoms with van der Waals surface area (Å²) in [5.41, 5.74) is 2.85. The Bertz CT molecular complexity index is 1280. The Kier molecular flexibility index (Phi) is 8.43. The van der Waals surface area contributed by atoms with E-state index >= 15 is 0 Å². The molecule has 2 amide bonds. The standard InChI is InChI=1S/C27H21N3O3.BrH/c31-25(20-13-15-23(16-14-20)28-26(32)21-8-3-1-4-9-21)19-30-17-7-12-24(18-30)29-27(33)22-10-5-2-6-11-22;/h1-18H,19H2,(H-,28,29,31,32,33);1H. The van der Waals surface area contributed by atoms with Crippen LogP contribution in [0.3, 0.4) is 0 Å². The smallest absolute Gasteiger partial charge is 0.255 e. The Balaban J connectivity index is 0.00000324. The van der Waals surface area contributed by atoms with Crippen LogP contribution in [0, 0.1) is 0 Å². The Morgan fingerprint density at radius 3 is 1.68 bits per heavy atom. The van der Waals surface area contributed by atoms with Gasteiger partial charge in [-0.3, -0.25) is 14.4 Å². The molecule has 6 nitrogen and oxygen atoms in total. The summed E-state index contributed by atoms with van der Waals surface area (Å²) in [7, 11) is 0. The molecular weight excluding hydrogens is 494 g/mol. The molecule has 0 saturated heterocycles. The molecule has 0 unspecified atom stereocenters. The third-order valence-corrected chi connectivity index (χ3v) is 4.98. The maximum Gasteiger partial charge on any atom is 0.255 e. The maximum absolute atomic E-state index is 12.7. The van der Waals surface area contributed by atoms with Gasteiger partial charge in [0.25, 0.3) is 11.8 Å². The highest BCUT2D eigenvalue weighted by Crippen LogP contribution is 2.13. The number of aromatic nitrogens is 1. The fourth-order valence-electron chi connectivity index (χ4n) is 3.28. The van der Waals surface area contributed by atoms with Crippen LogP contribution < -0.4 is 32.2 Å². The molecule has 4 rings (SSSR count). The van der Waals surface area contributed by atoms with Crippen LogP contribution in [0.15, 0.2) is 109 Å². The molecule has 2 N–H and O–H groups in total. The van der Waals surface area contributed by atoms with Crippen molar-refractivity contribution >= 4 is 29.0 Å². The van der Waals surface area contributed by atoms with Crippen LogP contribution in [0.25, 0.3) is 0 Å². The van der Waals surface area contributed by atoms with Crippen molar-refractivity contribution in [1.29, 1.82) is 0 Å². The zero-order chi connectivity index (χ0) is 23.0. The van der Waals surface area contributed by atoms with E-state index < -0.39 is 0 Å². The Hall–Kier alpha value is -4.10. The molecule has 0 spiro atoms. The van der Waals surface area contributed by atoms with Crippen LogP contribution in [0.2, 0.25) is 0 Å². The quantitative estimate of drug-likeness (QED) is 0.288. The first kappa shape index (κ1) is 24.5. The first-order chi connectivity index (χ1) is 16.1. The van der Waals surface area contributed by atoms with E-state index in [-0.39, 0.29) is 41.1 Å². The highest BCUT2D eigenvalue weighted by Gasteiger charge is 2.14. The van der Waals surface area contributed by atoms with Gasteiger partial charge in [-0.1, -0.05) is 36.4 Å². The highest BCUT2D eigenvalue weighted by molar-refractivity contribution is 6.05. The largest absolute Gasteiger partial charge is 1.00 e. The predicted octanol–water partition coefficient (Wildman–Crippen LogP) is 1.37. The van der Waals surface area contributed by atoms with Gasteiger partial charge in [0.1, 0.15) is 5.69 Å². The summed E-state index contributed by atoms with van der Waals surface area (Å²) in [5.74, 6) is -0.514. The lowest BCUT2D eigenvalue weighted by atomic mass is 10.1. The molecule has 0 atom stereocenters. The Morgan fingerprint density at radius 1 is 0.588 bits per heavy atom. The average molecular weight is 516 g/mol. The number of pyridine rings is 1. The van der Waals surface area contributed by atoms with Crippen molar-refractivity contribution in [1.82, 2.24) is 0 Å². The summed E-state index contributed by atoms with van der Waals surface area (Å²) in [6.07, 6.45) is 3.48. The van der Waals surface area contributed by atoms with Gasteiger partial charge in [0.15, 0.2) is 12.4 Å². The van der Waals surface area contributed by atoms with E-state index in [1.165, 1.54) is 0 Å². The lowest BCUT2D eigenvalue weighted by Gasteiger charge is -2.06. The molecule has 0 radical (unpaired) electrons. The van der Waals surface area contributed by atoms with E-state index in [1.807, 2.05) is 12.1 Å². The minimum absolute atomic E-state index is 0. The monoisotopic (exact) mass is 515 g/mol. The van der Waals surface area contributed by atoms with E-state index in [0.717, 1.165) is 0 Å². The number of carbonyl (C=O) groups excluding carboxylic acids is 3. The van der Waals surface area contributed by atoms with Gasteiger partial charge in [-0.05, 0) is 54.6 Å². The van der Waals surface area contributed by atoms with Gasteiger partial charge in [-0.15, -0.1) is 0 Å². The minimum Gasteiger partial charge on any atom is -1.00 e. The average Bonchev–Trinajstić information content (AvgIpc) is 2.85. The first-order valence-electron chi connectivity index (χ1n) is 10.4. The first-order valence-corrected chi connectivity index (χ1v) is 10.4. The van der Waals surface area contributed by atoms with Crippen LogP contribution in [0.1, 0.15) is 31.1 Å². The molecule has 0 saturated carbocycles. The number of Topliss-reactive ketones (excluding diaryl/α,β-unsaturated/α-hetero) is 1. The highest BCUT2D eigenvalue weighted by atomic mass is 79.9. The number of ketones is 1. The number of benzene rings is 3. The van der Waals surface area contributed by atoms with Gasteiger partial charge < -0.3 is 27.6 Å². The van der Waals surface area contributed by atoms with Crippen molar-refractivity contribution in [2.45, 2.75) is 6.54 Å². The number of carbonyl (C=O) groups is 3. The van der Waals surface area contributed by atoms with E-state index in [1.54, 1.807) is 102 Å². The van der Waals surface area contributed by atoms with E-state index in [4.69, 9.17) is 0 Å². The second-order valence-corrected chi connectivity index (χ2v) is 7.41. The molecule has 1 aromatic heterocycles. The minimum atomic E-state index is -0.215. The van der Waals surface area contributed by atoms with Gasteiger partial charge in [0.2, 0.25) is 12.3 Å². The van der Waals surface area contributed by atoms with Crippen LogP contribution in [-0.2, 0) is 6.54 Å². The van der Waals surface area contributed by atoms with Crippen molar-refractivity contribution in [2.75, 3.05) is 10.6 Å². The van der Waals surface area contributed by atoms with Crippen molar-refractivity contribution in [3.63, 3.8) is 0 Å². The van der Waals surface area contributed by atoms with Crippen molar-refractivity contribution < 1.29 is 35.9 Å². The number of hydrogen-bond acceptors (Lipinski definition) is 3. The van der Waals surface area contributed by atoms with E-state index in [9.17, 15) is 14.4 Å². The SMILES string of the molecule is O=C(C[n+]1cccc(NC(=O)c2ccccc2)c1)c1ccc(NC(=O)c2ccccc2)cc1.[Br-]. The van der Waals surface area contributed by atoms with Gasteiger partial charge in [0, 0.05) is 28.4 Å². The summed E-state index contributed by atoms with van der Waals surface area (Å²) >= 11 is 0. The number of rotatable bonds is 7. The number of halogens is 1. The molecule has 4 aromatic rings. The topological polar surface area (TPSA) is 79.2 Å². The summed E-state index contributed by atoms with van der Waals surface area (Å²) in [5, 5.41) is 5.66. The van der Waals surface area contributed by atoms with Crippen molar-refractivity contribution in [2.24, 2.45) is 0 Å². The summed E-state index contributed by atoms with van der Waals surface area (Å²) in [4.78, 5) is 37.3. The molecule has 0 aliphatic heterocycles. The van der Waals surface area contributed by atoms with Gasteiger partial charge in [-0.25, -0.2) is 0 Å². The predicted molar refractivity (Wildman–Crippen MR) is 126 cm³/mol. The lowest BCUT2D eigenvalue weighted by molar-refractivity contribution is -0.682. The molecule has 1 heterocycles. The van der Waals surface area contributed by atoms with E-state index in [2.05, 4.69) is 10.6 Å². The summed E-state index contributed by atoms with van der Waals surface area (Å²) in [6, 6.07) is 28.2. The second kappa shape index (κ2) is 11.7. The molecule has 0 aliphatic rings. The molecule has 0 bridgehead atoms. The zero-order valence-corrected chi connectivity index (χ0v) is 19.7. The molecule has 0 aliphatic carbocycles. The number of hydrogen-bond donors (Lipinski definition) is 2.